The Kier molecular flexibility index (Phi) is 6.98. The molecular weight excluding hydrogens is 370 g/mol. The molecule has 1 unspecified atom stereocenters. The van der Waals surface area contributed by atoms with E-state index in [1.807, 2.05) is 0 Å². The van der Waals surface area contributed by atoms with E-state index in [1.54, 1.807) is 29.7 Å². The Balaban J connectivity index is 1.51. The molecule has 3 rings (SSSR count). The SMILES string of the molecule is CC(C)N1Cc2ccccc2CC1CONC(=O)Cc1ccc(C(=O)NO)cc1. The van der Waals surface area contributed by atoms with Gasteiger partial charge < -0.3 is 0 Å². The summed E-state index contributed by atoms with van der Waals surface area (Å²) < 4.78 is 0. The first kappa shape index (κ1) is 21.0. The third-order valence-corrected chi connectivity index (χ3v) is 5.20. The lowest BCUT2D eigenvalue weighted by molar-refractivity contribution is -0.134. The number of hydroxylamine groups is 2. The van der Waals surface area contributed by atoms with Gasteiger partial charge in [-0.3, -0.25) is 24.5 Å². The minimum absolute atomic E-state index is 0.141. The van der Waals surface area contributed by atoms with Crippen molar-refractivity contribution in [3.63, 3.8) is 0 Å². The van der Waals surface area contributed by atoms with Gasteiger partial charge in [0.25, 0.3) is 5.91 Å². The molecule has 1 aliphatic rings. The predicted molar refractivity (Wildman–Crippen MR) is 108 cm³/mol. The van der Waals surface area contributed by atoms with Crippen LogP contribution in [0.5, 0.6) is 0 Å². The van der Waals surface area contributed by atoms with Crippen LogP contribution in [0.2, 0.25) is 0 Å². The van der Waals surface area contributed by atoms with Gasteiger partial charge in [0.15, 0.2) is 0 Å². The van der Waals surface area contributed by atoms with E-state index in [-0.39, 0.29) is 18.4 Å². The summed E-state index contributed by atoms with van der Waals surface area (Å²) in [6.45, 7) is 5.62. The van der Waals surface area contributed by atoms with Crippen molar-refractivity contribution in [2.75, 3.05) is 6.61 Å². The van der Waals surface area contributed by atoms with Gasteiger partial charge in [-0.15, -0.1) is 0 Å². The Labute approximate surface area is 170 Å². The third-order valence-electron chi connectivity index (χ3n) is 5.20. The largest absolute Gasteiger partial charge is 0.291 e. The molecule has 0 saturated heterocycles. The summed E-state index contributed by atoms with van der Waals surface area (Å²) in [7, 11) is 0. The molecule has 2 aromatic rings. The van der Waals surface area contributed by atoms with Crippen LogP contribution in [0.1, 0.15) is 40.9 Å². The minimum atomic E-state index is -0.590. The van der Waals surface area contributed by atoms with Crippen LogP contribution in [0.25, 0.3) is 0 Å². The maximum Gasteiger partial charge on any atom is 0.274 e. The molecule has 0 bridgehead atoms. The molecule has 154 valence electrons. The molecule has 2 aromatic carbocycles. The second-order valence-corrected chi connectivity index (χ2v) is 7.54. The summed E-state index contributed by atoms with van der Waals surface area (Å²) in [6, 6.07) is 15.5. The smallest absolute Gasteiger partial charge is 0.274 e. The monoisotopic (exact) mass is 397 g/mol. The molecule has 0 aliphatic carbocycles. The molecule has 0 aromatic heterocycles. The van der Waals surface area contributed by atoms with Crippen molar-refractivity contribution in [2.24, 2.45) is 0 Å². The van der Waals surface area contributed by atoms with E-state index in [0.29, 0.717) is 18.2 Å². The summed E-state index contributed by atoms with van der Waals surface area (Å²) in [5.74, 6) is -0.843. The Bertz CT molecular complexity index is 851. The Morgan fingerprint density at radius 2 is 1.83 bits per heavy atom. The summed E-state index contributed by atoms with van der Waals surface area (Å²) in [5.41, 5.74) is 7.84. The highest BCUT2D eigenvalue weighted by molar-refractivity contribution is 5.93. The zero-order valence-electron chi connectivity index (χ0n) is 16.7. The molecule has 2 amide bonds. The van der Waals surface area contributed by atoms with Crippen LogP contribution >= 0.6 is 0 Å². The predicted octanol–water partition coefficient (Wildman–Crippen LogP) is 2.23. The fourth-order valence-corrected chi connectivity index (χ4v) is 3.65. The van der Waals surface area contributed by atoms with Gasteiger partial charge in [-0.25, -0.2) is 11.0 Å². The maximum absolute atomic E-state index is 12.2. The standard InChI is InChI=1S/C22H27N3O4/c1-15(2)25-13-19-6-4-3-5-18(19)12-20(25)14-29-24-21(26)11-16-7-9-17(10-8-16)22(27)23-28/h3-10,15,20,28H,11-14H2,1-2H3,(H,23,27)(H,24,26). The third kappa shape index (κ3) is 5.41. The van der Waals surface area contributed by atoms with Crippen molar-refractivity contribution in [3.8, 4) is 0 Å². The molecular formula is C22H27N3O4. The van der Waals surface area contributed by atoms with E-state index >= 15 is 0 Å². The molecule has 0 fully saturated rings. The van der Waals surface area contributed by atoms with E-state index in [4.69, 9.17) is 10.0 Å². The highest BCUT2D eigenvalue weighted by Gasteiger charge is 2.28. The van der Waals surface area contributed by atoms with Gasteiger partial charge in [0, 0.05) is 24.2 Å². The van der Waals surface area contributed by atoms with Crippen molar-refractivity contribution in [1.82, 2.24) is 15.9 Å². The van der Waals surface area contributed by atoms with E-state index in [1.165, 1.54) is 11.1 Å². The lowest BCUT2D eigenvalue weighted by Crippen LogP contribution is -2.48. The molecule has 0 radical (unpaired) electrons. The first-order chi connectivity index (χ1) is 14.0. The average molecular weight is 397 g/mol. The zero-order valence-corrected chi connectivity index (χ0v) is 16.7. The first-order valence-corrected chi connectivity index (χ1v) is 9.74. The van der Waals surface area contributed by atoms with Crippen molar-refractivity contribution < 1.29 is 19.6 Å². The number of carbonyl (C=O) groups excluding carboxylic acids is 2. The van der Waals surface area contributed by atoms with Crippen LogP contribution in [0.15, 0.2) is 48.5 Å². The van der Waals surface area contributed by atoms with Crippen LogP contribution in [-0.4, -0.2) is 40.6 Å². The maximum atomic E-state index is 12.2. The van der Waals surface area contributed by atoms with Crippen LogP contribution in [0.4, 0.5) is 0 Å². The number of nitrogens with one attached hydrogen (secondary N) is 2. The Morgan fingerprint density at radius 1 is 1.14 bits per heavy atom. The van der Waals surface area contributed by atoms with Gasteiger partial charge in [0.05, 0.1) is 13.0 Å². The Hall–Kier alpha value is -2.74. The second-order valence-electron chi connectivity index (χ2n) is 7.54. The summed E-state index contributed by atoms with van der Waals surface area (Å²) in [4.78, 5) is 31.4. The molecule has 7 nitrogen and oxygen atoms in total. The first-order valence-electron chi connectivity index (χ1n) is 9.74. The number of hydrogen-bond acceptors (Lipinski definition) is 5. The van der Waals surface area contributed by atoms with Crippen LogP contribution in [-0.2, 0) is 29.0 Å². The van der Waals surface area contributed by atoms with E-state index < -0.39 is 5.91 Å². The number of benzene rings is 2. The summed E-state index contributed by atoms with van der Waals surface area (Å²) in [6.07, 6.45) is 1.03. The van der Waals surface area contributed by atoms with Crippen LogP contribution < -0.4 is 11.0 Å². The second kappa shape index (κ2) is 9.65. The number of rotatable bonds is 7. The zero-order chi connectivity index (χ0) is 20.8. The van der Waals surface area contributed by atoms with Crippen molar-refractivity contribution in [3.05, 3.63) is 70.8 Å². The van der Waals surface area contributed by atoms with Crippen LogP contribution in [0, 0.1) is 0 Å². The molecule has 0 spiro atoms. The minimum Gasteiger partial charge on any atom is -0.291 e. The molecule has 1 aliphatic heterocycles. The lowest BCUT2D eigenvalue weighted by Gasteiger charge is -2.39. The van der Waals surface area contributed by atoms with Gasteiger partial charge in [-0.2, -0.15) is 0 Å². The number of carbonyl (C=O) groups is 2. The van der Waals surface area contributed by atoms with Crippen molar-refractivity contribution >= 4 is 11.8 Å². The van der Waals surface area contributed by atoms with Crippen LogP contribution in [0.3, 0.4) is 0 Å². The molecule has 7 heteroatoms. The highest BCUT2D eigenvalue weighted by Crippen LogP contribution is 2.25. The topological polar surface area (TPSA) is 90.9 Å². The molecule has 29 heavy (non-hydrogen) atoms. The average Bonchev–Trinajstić information content (AvgIpc) is 2.73. The van der Waals surface area contributed by atoms with Gasteiger partial charge in [-0.05, 0) is 49.1 Å². The fourth-order valence-electron chi connectivity index (χ4n) is 3.65. The van der Waals surface area contributed by atoms with Gasteiger partial charge in [0.1, 0.15) is 0 Å². The number of nitrogens with zero attached hydrogens (tertiary/aromatic N) is 1. The number of fused-ring (bicyclic) bond motifs is 1. The van der Waals surface area contributed by atoms with E-state index in [0.717, 1.165) is 18.5 Å². The van der Waals surface area contributed by atoms with Crippen molar-refractivity contribution in [2.45, 2.75) is 45.3 Å². The number of amides is 2. The van der Waals surface area contributed by atoms with Gasteiger partial charge in [0.2, 0.25) is 5.91 Å². The molecule has 3 N–H and O–H groups in total. The summed E-state index contributed by atoms with van der Waals surface area (Å²) in [5, 5.41) is 8.63. The fraction of sp³-hybridized carbons (Fsp3) is 0.364. The normalized spacial score (nSPS) is 16.3. The highest BCUT2D eigenvalue weighted by atomic mass is 16.7. The molecule has 0 saturated carbocycles. The Morgan fingerprint density at radius 3 is 2.48 bits per heavy atom. The number of hydrogen-bond donors (Lipinski definition) is 3. The van der Waals surface area contributed by atoms with Gasteiger partial charge >= 0.3 is 0 Å². The van der Waals surface area contributed by atoms with Crippen molar-refractivity contribution in [1.29, 1.82) is 0 Å². The van der Waals surface area contributed by atoms with E-state index in [2.05, 4.69) is 48.5 Å². The molecule has 1 heterocycles. The summed E-state index contributed by atoms with van der Waals surface area (Å²) >= 11 is 0. The van der Waals surface area contributed by atoms with Gasteiger partial charge in [-0.1, -0.05) is 36.4 Å². The lowest BCUT2D eigenvalue weighted by atomic mass is 9.93. The molecule has 1 atom stereocenters. The quantitative estimate of drug-likeness (QED) is 0.492. The van der Waals surface area contributed by atoms with E-state index in [9.17, 15) is 9.59 Å².